The van der Waals surface area contributed by atoms with E-state index < -0.39 is 10.0 Å². The van der Waals surface area contributed by atoms with Crippen molar-refractivity contribution in [1.82, 2.24) is 15.0 Å². The maximum Gasteiger partial charge on any atom is 0.240 e. The van der Waals surface area contributed by atoms with Crippen LogP contribution in [0, 0.1) is 6.92 Å². The van der Waals surface area contributed by atoms with Gasteiger partial charge < -0.3 is 5.32 Å². The molecule has 0 aliphatic heterocycles. The topological polar surface area (TPSA) is 71.1 Å². The van der Waals surface area contributed by atoms with Crippen molar-refractivity contribution in [1.29, 1.82) is 0 Å². The second-order valence-electron chi connectivity index (χ2n) is 4.67. The van der Waals surface area contributed by atoms with Gasteiger partial charge in [0.2, 0.25) is 10.0 Å². The Morgan fingerprint density at radius 1 is 1.24 bits per heavy atom. The molecule has 1 aromatic heterocycles. The molecule has 0 amide bonds. The Bertz CT molecular complexity index is 669. The third-order valence-electron chi connectivity index (χ3n) is 2.99. The normalized spacial score (nSPS) is 13.2. The first-order valence-corrected chi connectivity index (χ1v) is 8.99. The van der Waals surface area contributed by atoms with Gasteiger partial charge in [0.05, 0.1) is 9.90 Å². The predicted molar refractivity (Wildman–Crippen MR) is 84.9 cm³/mol. The van der Waals surface area contributed by atoms with Crippen LogP contribution in [0.2, 0.25) is 0 Å². The lowest BCUT2D eigenvalue weighted by molar-refractivity contribution is 0.557. The molecule has 1 heterocycles. The summed E-state index contributed by atoms with van der Waals surface area (Å²) in [4.78, 5) is 5.65. The van der Waals surface area contributed by atoms with Crippen molar-refractivity contribution in [3.05, 3.63) is 46.4 Å². The van der Waals surface area contributed by atoms with E-state index in [-0.39, 0.29) is 10.9 Å². The van der Waals surface area contributed by atoms with Crippen molar-refractivity contribution in [2.75, 3.05) is 13.1 Å². The molecule has 0 radical (unpaired) electrons. The van der Waals surface area contributed by atoms with Crippen LogP contribution in [0.3, 0.4) is 0 Å². The van der Waals surface area contributed by atoms with E-state index in [1.807, 2.05) is 20.0 Å². The average Bonchev–Trinajstić information content (AvgIpc) is 2.91. The zero-order chi connectivity index (χ0) is 15.3. The summed E-state index contributed by atoms with van der Waals surface area (Å²) in [5.74, 6) is 0. The summed E-state index contributed by atoms with van der Waals surface area (Å²) in [7, 11) is -3.42. The molecule has 5 nitrogen and oxygen atoms in total. The molecule has 114 valence electrons. The molecule has 2 rings (SSSR count). The molecule has 0 saturated heterocycles. The van der Waals surface area contributed by atoms with Gasteiger partial charge in [-0.1, -0.05) is 18.2 Å². The summed E-state index contributed by atoms with van der Waals surface area (Å²) in [6, 6.07) is 8.54. The fourth-order valence-corrected chi connectivity index (χ4v) is 3.70. The van der Waals surface area contributed by atoms with E-state index >= 15 is 0 Å². The molecule has 0 fully saturated rings. The Hall–Kier alpha value is -1.28. The summed E-state index contributed by atoms with van der Waals surface area (Å²) in [6.45, 7) is 4.91. The Kier molecular flexibility index (Phi) is 5.46. The lowest BCUT2D eigenvalue weighted by Gasteiger charge is -2.12. The van der Waals surface area contributed by atoms with Crippen LogP contribution in [-0.4, -0.2) is 26.5 Å². The molecule has 0 aliphatic carbocycles. The first-order valence-electron chi connectivity index (χ1n) is 6.69. The molecule has 21 heavy (non-hydrogen) atoms. The Morgan fingerprint density at radius 2 is 1.95 bits per heavy atom. The Balaban J connectivity index is 1.80. The highest BCUT2D eigenvalue weighted by atomic mass is 32.2. The molecule has 0 aliphatic rings. The number of hydrogen-bond donors (Lipinski definition) is 2. The van der Waals surface area contributed by atoms with Gasteiger partial charge >= 0.3 is 0 Å². The minimum Gasteiger partial charge on any atom is -0.308 e. The van der Waals surface area contributed by atoms with Gasteiger partial charge in [0.25, 0.3) is 0 Å². The number of nitrogens with one attached hydrogen (secondary N) is 2. The van der Waals surface area contributed by atoms with Gasteiger partial charge in [-0.3, -0.25) is 0 Å². The molecule has 0 spiro atoms. The number of hydrogen-bond acceptors (Lipinski definition) is 5. The van der Waals surface area contributed by atoms with Gasteiger partial charge in [-0.25, -0.2) is 18.1 Å². The van der Waals surface area contributed by atoms with Gasteiger partial charge in [-0.2, -0.15) is 0 Å². The molecular formula is C14H19N3O2S2. The predicted octanol–water partition coefficient (Wildman–Crippen LogP) is 2.08. The number of rotatable bonds is 7. The van der Waals surface area contributed by atoms with Crippen molar-refractivity contribution in [2.45, 2.75) is 24.8 Å². The highest BCUT2D eigenvalue weighted by Crippen LogP contribution is 2.19. The van der Waals surface area contributed by atoms with Crippen LogP contribution in [0.15, 0.2) is 41.4 Å². The van der Waals surface area contributed by atoms with Crippen LogP contribution in [-0.2, 0) is 10.0 Å². The van der Waals surface area contributed by atoms with Gasteiger partial charge in [0.15, 0.2) is 0 Å². The number of nitrogens with zero attached hydrogens (tertiary/aromatic N) is 1. The van der Waals surface area contributed by atoms with Crippen molar-refractivity contribution >= 4 is 21.4 Å². The summed E-state index contributed by atoms with van der Waals surface area (Å²) >= 11 is 1.64. The number of benzene rings is 1. The van der Waals surface area contributed by atoms with E-state index in [9.17, 15) is 8.42 Å². The van der Waals surface area contributed by atoms with E-state index in [1.54, 1.807) is 41.7 Å². The van der Waals surface area contributed by atoms with E-state index in [4.69, 9.17) is 0 Å². The van der Waals surface area contributed by atoms with Crippen LogP contribution < -0.4 is 10.0 Å². The van der Waals surface area contributed by atoms with Crippen molar-refractivity contribution < 1.29 is 8.42 Å². The first-order chi connectivity index (χ1) is 9.99. The number of aryl methyl sites for hydroxylation is 1. The lowest BCUT2D eigenvalue weighted by Crippen LogP contribution is -2.32. The summed E-state index contributed by atoms with van der Waals surface area (Å²) in [6.07, 6.45) is 1.85. The molecule has 2 N–H and O–H groups in total. The fraction of sp³-hybridized carbons (Fsp3) is 0.357. The number of aromatic nitrogens is 1. The molecular weight excluding hydrogens is 306 g/mol. The minimum atomic E-state index is -3.42. The SMILES string of the molecule is Cc1ncc([C@@H](C)NCCNS(=O)(=O)c2ccccc2)s1. The molecule has 1 aromatic carbocycles. The molecule has 7 heteroatoms. The molecule has 0 bridgehead atoms. The summed E-state index contributed by atoms with van der Waals surface area (Å²) < 4.78 is 26.6. The largest absolute Gasteiger partial charge is 0.308 e. The molecule has 0 saturated carbocycles. The number of sulfonamides is 1. The van der Waals surface area contributed by atoms with Gasteiger partial charge in [-0.05, 0) is 26.0 Å². The monoisotopic (exact) mass is 325 g/mol. The quantitative estimate of drug-likeness (QED) is 0.765. The summed E-state index contributed by atoms with van der Waals surface area (Å²) in [5.41, 5.74) is 0. The van der Waals surface area contributed by atoms with E-state index in [0.29, 0.717) is 13.1 Å². The van der Waals surface area contributed by atoms with Crippen LogP contribution in [0.25, 0.3) is 0 Å². The van der Waals surface area contributed by atoms with Crippen molar-refractivity contribution in [3.8, 4) is 0 Å². The zero-order valence-corrected chi connectivity index (χ0v) is 13.7. The van der Waals surface area contributed by atoms with E-state index in [1.165, 1.54) is 0 Å². The van der Waals surface area contributed by atoms with Crippen LogP contribution in [0.1, 0.15) is 22.9 Å². The van der Waals surface area contributed by atoms with Crippen molar-refractivity contribution in [2.24, 2.45) is 0 Å². The third kappa shape index (κ3) is 4.60. The molecule has 0 unspecified atom stereocenters. The zero-order valence-electron chi connectivity index (χ0n) is 12.0. The average molecular weight is 325 g/mol. The van der Waals surface area contributed by atoms with E-state index in [0.717, 1.165) is 9.88 Å². The second kappa shape index (κ2) is 7.13. The van der Waals surface area contributed by atoms with Gasteiger partial charge in [0, 0.05) is 30.2 Å². The standard InChI is InChI=1S/C14H19N3O2S2/c1-11(14-10-16-12(2)20-14)15-8-9-17-21(18,19)13-6-4-3-5-7-13/h3-7,10-11,15,17H,8-9H2,1-2H3/t11-/m1/s1. The molecule has 1 atom stereocenters. The minimum absolute atomic E-state index is 0.164. The Morgan fingerprint density at radius 3 is 2.57 bits per heavy atom. The van der Waals surface area contributed by atoms with Crippen molar-refractivity contribution in [3.63, 3.8) is 0 Å². The van der Waals surface area contributed by atoms with Gasteiger partial charge in [-0.15, -0.1) is 11.3 Å². The highest BCUT2D eigenvalue weighted by molar-refractivity contribution is 7.89. The maximum atomic E-state index is 12.0. The lowest BCUT2D eigenvalue weighted by atomic mass is 10.3. The fourth-order valence-electron chi connectivity index (χ4n) is 1.84. The smallest absolute Gasteiger partial charge is 0.240 e. The van der Waals surface area contributed by atoms with E-state index in [2.05, 4.69) is 15.0 Å². The van der Waals surface area contributed by atoms with Crippen LogP contribution in [0.4, 0.5) is 0 Å². The molecule has 2 aromatic rings. The number of thiazole rings is 1. The summed E-state index contributed by atoms with van der Waals surface area (Å²) in [5, 5.41) is 4.31. The maximum absolute atomic E-state index is 12.0. The second-order valence-corrected chi connectivity index (χ2v) is 7.70. The highest BCUT2D eigenvalue weighted by Gasteiger charge is 2.13. The van der Waals surface area contributed by atoms with Crippen LogP contribution in [0.5, 0.6) is 0 Å². The Labute approximate surface area is 129 Å². The third-order valence-corrected chi connectivity index (χ3v) is 5.56. The first kappa shape index (κ1) is 16.1. The van der Waals surface area contributed by atoms with Gasteiger partial charge in [0.1, 0.15) is 0 Å². The van der Waals surface area contributed by atoms with Crippen LogP contribution >= 0.6 is 11.3 Å².